The van der Waals surface area contributed by atoms with Crippen LogP contribution < -0.4 is 4.90 Å². The van der Waals surface area contributed by atoms with Crippen LogP contribution in [0.15, 0.2) is 59.3 Å². The minimum absolute atomic E-state index is 0.333. The molecular formula is C20H13F3N4O. The zero-order chi connectivity index (χ0) is 19.3. The van der Waals surface area contributed by atoms with Crippen LogP contribution in [0.3, 0.4) is 0 Å². The van der Waals surface area contributed by atoms with Crippen LogP contribution in [0.1, 0.15) is 16.8 Å². The van der Waals surface area contributed by atoms with E-state index in [2.05, 4.69) is 15.2 Å². The molecule has 3 heterocycles. The molecule has 4 aromatic rings. The van der Waals surface area contributed by atoms with Crippen LogP contribution in [-0.4, -0.2) is 15.2 Å². The molecule has 2 aromatic carbocycles. The molecule has 8 heteroatoms. The molecule has 0 saturated carbocycles. The third-order valence-corrected chi connectivity index (χ3v) is 4.89. The van der Waals surface area contributed by atoms with Gasteiger partial charge in [-0.3, -0.25) is 0 Å². The summed E-state index contributed by atoms with van der Waals surface area (Å²) in [6.07, 6.45) is -3.31. The zero-order valence-corrected chi connectivity index (χ0v) is 14.4. The van der Waals surface area contributed by atoms with Crippen LogP contribution in [0.5, 0.6) is 0 Å². The molecule has 2 aromatic heterocycles. The Labute approximate surface area is 157 Å². The molecular weight excluding hydrogens is 369 g/mol. The molecule has 0 N–H and O–H groups in total. The van der Waals surface area contributed by atoms with Gasteiger partial charge in [0.1, 0.15) is 5.69 Å². The maximum absolute atomic E-state index is 13.6. The normalized spacial score (nSPS) is 13.9. The van der Waals surface area contributed by atoms with Crippen molar-refractivity contribution in [3.63, 3.8) is 0 Å². The lowest BCUT2D eigenvalue weighted by Crippen LogP contribution is -2.15. The number of aromatic nitrogens is 3. The second kappa shape index (κ2) is 6.05. The largest absolute Gasteiger partial charge is 0.433 e. The summed E-state index contributed by atoms with van der Waals surface area (Å²) in [4.78, 5) is 5.82. The summed E-state index contributed by atoms with van der Waals surface area (Å²) in [6.45, 7) is 0.837. The number of anilines is 1. The van der Waals surface area contributed by atoms with Crippen LogP contribution in [0.25, 0.3) is 22.0 Å². The number of hydrogen-bond donors (Lipinski definition) is 0. The predicted octanol–water partition coefficient (Wildman–Crippen LogP) is 4.82. The number of hydrogen-bond acceptors (Lipinski definition) is 5. The van der Waals surface area contributed by atoms with E-state index in [1.54, 1.807) is 24.3 Å². The van der Waals surface area contributed by atoms with Crippen LogP contribution >= 0.6 is 0 Å². The summed E-state index contributed by atoms with van der Waals surface area (Å²) in [5.41, 5.74) is 2.33. The number of alkyl halides is 3. The van der Waals surface area contributed by atoms with Crippen LogP contribution in [-0.2, 0) is 19.3 Å². The molecule has 0 fully saturated rings. The first kappa shape index (κ1) is 16.7. The summed E-state index contributed by atoms with van der Waals surface area (Å²) >= 11 is 0. The molecule has 5 rings (SSSR count). The summed E-state index contributed by atoms with van der Waals surface area (Å²) in [5.74, 6) is 0. The van der Waals surface area contributed by atoms with Crippen molar-refractivity contribution >= 4 is 16.9 Å². The van der Waals surface area contributed by atoms with E-state index in [1.807, 2.05) is 23.1 Å². The van der Waals surface area contributed by atoms with Crippen molar-refractivity contribution in [2.24, 2.45) is 0 Å². The molecule has 0 atom stereocenters. The Bertz CT molecular complexity index is 1160. The maximum atomic E-state index is 13.6. The van der Waals surface area contributed by atoms with Crippen molar-refractivity contribution in [2.75, 3.05) is 4.90 Å². The first-order valence-corrected chi connectivity index (χ1v) is 8.60. The molecule has 140 valence electrons. The van der Waals surface area contributed by atoms with E-state index in [9.17, 15) is 13.2 Å². The smallest absolute Gasteiger partial charge is 0.411 e. The summed E-state index contributed by atoms with van der Waals surface area (Å²) in [5, 5.41) is 8.25. The average Bonchev–Trinajstić information content (AvgIpc) is 3.36. The minimum atomic E-state index is -4.54. The summed E-state index contributed by atoms with van der Waals surface area (Å²) in [6, 6.07) is 14.3. The Morgan fingerprint density at radius 1 is 1.00 bits per heavy atom. The van der Waals surface area contributed by atoms with Crippen molar-refractivity contribution in [3.8, 4) is 11.1 Å². The lowest BCUT2D eigenvalue weighted by molar-refractivity contribution is -0.140. The fourth-order valence-corrected chi connectivity index (χ4v) is 3.61. The maximum Gasteiger partial charge on any atom is 0.433 e. The van der Waals surface area contributed by atoms with Crippen LogP contribution in [0.4, 0.5) is 19.2 Å². The van der Waals surface area contributed by atoms with Gasteiger partial charge in [-0.15, -0.1) is 5.10 Å². The highest BCUT2D eigenvalue weighted by atomic mass is 19.4. The fraction of sp³-hybridized carbons (Fsp3) is 0.150. The standard InChI is InChI=1S/C20H13F3N4O/c21-20(22,23)17-8-15(12-4-2-1-3-5-12)14-7-6-13-9-27(19-26-24-11-28-19)10-16(13)18(14)25-17/h1-8,11H,9-10H2. The average molecular weight is 382 g/mol. The predicted molar refractivity (Wildman–Crippen MR) is 96.4 cm³/mol. The Hall–Kier alpha value is -3.42. The number of nitrogens with zero attached hydrogens (tertiary/aromatic N) is 4. The van der Waals surface area contributed by atoms with Gasteiger partial charge in [-0.25, -0.2) is 4.98 Å². The number of pyridine rings is 1. The van der Waals surface area contributed by atoms with Gasteiger partial charge in [-0.1, -0.05) is 47.6 Å². The van der Waals surface area contributed by atoms with E-state index in [-0.39, 0.29) is 0 Å². The van der Waals surface area contributed by atoms with Gasteiger partial charge in [0.05, 0.1) is 12.1 Å². The lowest BCUT2D eigenvalue weighted by Gasteiger charge is -2.14. The molecule has 1 aliphatic rings. The zero-order valence-electron chi connectivity index (χ0n) is 14.4. The van der Waals surface area contributed by atoms with Crippen LogP contribution in [0.2, 0.25) is 0 Å². The van der Waals surface area contributed by atoms with Crippen molar-refractivity contribution in [1.82, 2.24) is 15.2 Å². The Morgan fingerprint density at radius 3 is 2.54 bits per heavy atom. The Kier molecular flexibility index (Phi) is 3.61. The summed E-state index contributed by atoms with van der Waals surface area (Å²) in [7, 11) is 0. The quantitative estimate of drug-likeness (QED) is 0.497. The summed E-state index contributed by atoms with van der Waals surface area (Å²) < 4.78 is 45.9. The molecule has 1 aliphatic heterocycles. The Balaban J connectivity index is 1.74. The minimum Gasteiger partial charge on any atom is -0.411 e. The van der Waals surface area contributed by atoms with Crippen molar-refractivity contribution < 1.29 is 17.6 Å². The van der Waals surface area contributed by atoms with E-state index in [0.29, 0.717) is 41.1 Å². The SMILES string of the molecule is FC(F)(F)c1cc(-c2ccccc2)c2ccc3c(c2n1)CN(c1nnco1)C3. The van der Waals surface area contributed by atoms with Gasteiger partial charge >= 0.3 is 12.2 Å². The third kappa shape index (κ3) is 2.69. The van der Waals surface area contributed by atoms with Crippen LogP contribution in [0, 0.1) is 0 Å². The first-order valence-electron chi connectivity index (χ1n) is 8.60. The van der Waals surface area contributed by atoms with Gasteiger partial charge in [-0.05, 0) is 22.8 Å². The second-order valence-electron chi connectivity index (χ2n) is 6.60. The van der Waals surface area contributed by atoms with Crippen molar-refractivity contribution in [2.45, 2.75) is 19.3 Å². The van der Waals surface area contributed by atoms with Gasteiger partial charge in [0, 0.05) is 17.5 Å². The first-order chi connectivity index (χ1) is 13.5. The topological polar surface area (TPSA) is 55.1 Å². The fourth-order valence-electron chi connectivity index (χ4n) is 3.61. The molecule has 0 bridgehead atoms. The van der Waals surface area contributed by atoms with Gasteiger partial charge in [-0.2, -0.15) is 13.2 Å². The lowest BCUT2D eigenvalue weighted by atomic mass is 9.96. The molecule has 0 amide bonds. The second-order valence-corrected chi connectivity index (χ2v) is 6.60. The number of benzene rings is 2. The van der Waals surface area contributed by atoms with E-state index >= 15 is 0 Å². The molecule has 0 spiro atoms. The molecule has 0 radical (unpaired) electrons. The van der Waals surface area contributed by atoms with Gasteiger partial charge in [0.15, 0.2) is 0 Å². The Morgan fingerprint density at radius 2 is 1.82 bits per heavy atom. The van der Waals surface area contributed by atoms with Gasteiger partial charge in [0.25, 0.3) is 0 Å². The molecule has 28 heavy (non-hydrogen) atoms. The number of fused-ring (bicyclic) bond motifs is 3. The van der Waals surface area contributed by atoms with E-state index < -0.39 is 11.9 Å². The highest BCUT2D eigenvalue weighted by Gasteiger charge is 2.35. The van der Waals surface area contributed by atoms with E-state index in [4.69, 9.17) is 4.42 Å². The van der Waals surface area contributed by atoms with Gasteiger partial charge < -0.3 is 9.32 Å². The van der Waals surface area contributed by atoms with E-state index in [0.717, 1.165) is 17.2 Å². The monoisotopic (exact) mass is 382 g/mol. The molecule has 0 aliphatic carbocycles. The van der Waals surface area contributed by atoms with Crippen molar-refractivity contribution in [1.29, 1.82) is 0 Å². The van der Waals surface area contributed by atoms with Crippen molar-refractivity contribution in [3.05, 3.63) is 71.7 Å². The molecule has 5 nitrogen and oxygen atoms in total. The number of halogens is 3. The highest BCUT2D eigenvalue weighted by molar-refractivity contribution is 5.97. The third-order valence-electron chi connectivity index (χ3n) is 4.89. The van der Waals surface area contributed by atoms with E-state index in [1.165, 1.54) is 6.39 Å². The number of rotatable bonds is 2. The van der Waals surface area contributed by atoms with Gasteiger partial charge in [0.2, 0.25) is 6.39 Å². The highest BCUT2D eigenvalue weighted by Crippen LogP contribution is 2.39. The molecule has 0 saturated heterocycles. The molecule has 0 unspecified atom stereocenters.